The van der Waals surface area contributed by atoms with Gasteiger partial charge in [0.15, 0.2) is 0 Å². The van der Waals surface area contributed by atoms with E-state index in [2.05, 4.69) is 54.8 Å². The van der Waals surface area contributed by atoms with Crippen molar-refractivity contribution in [3.05, 3.63) is 59.2 Å². The van der Waals surface area contributed by atoms with Crippen LogP contribution in [0.5, 0.6) is 0 Å². The van der Waals surface area contributed by atoms with Gasteiger partial charge in [-0.25, -0.2) is 4.79 Å². The fraction of sp³-hybridized carbons (Fsp3) is 0.381. The first kappa shape index (κ1) is 18.1. The molecule has 1 heterocycles. The number of rotatable bonds is 4. The summed E-state index contributed by atoms with van der Waals surface area (Å²) >= 11 is 0. The van der Waals surface area contributed by atoms with Gasteiger partial charge in [-0.2, -0.15) is 0 Å². The van der Waals surface area contributed by atoms with Gasteiger partial charge in [-0.1, -0.05) is 31.2 Å². The maximum absolute atomic E-state index is 11.2. The molecule has 1 aliphatic heterocycles. The number of hydrogen-bond donors (Lipinski definition) is 0. The summed E-state index contributed by atoms with van der Waals surface area (Å²) in [6.07, 6.45) is 8.64. The Morgan fingerprint density at radius 1 is 1.33 bits per heavy atom. The summed E-state index contributed by atoms with van der Waals surface area (Å²) in [4.78, 5) is 13.5. The van der Waals surface area contributed by atoms with Crippen molar-refractivity contribution in [3.63, 3.8) is 0 Å². The molecule has 0 amide bonds. The van der Waals surface area contributed by atoms with Gasteiger partial charge < -0.3 is 9.64 Å². The number of anilines is 1. The van der Waals surface area contributed by atoms with Crippen LogP contribution in [-0.2, 0) is 9.53 Å². The highest BCUT2D eigenvalue weighted by atomic mass is 16.5. The summed E-state index contributed by atoms with van der Waals surface area (Å²) in [6, 6.07) is 6.72. The zero-order chi connectivity index (χ0) is 17.7. The molecule has 1 aliphatic rings. The molecule has 24 heavy (non-hydrogen) atoms. The molecule has 1 atom stereocenters. The molecule has 0 saturated heterocycles. The van der Waals surface area contributed by atoms with E-state index in [9.17, 15) is 4.79 Å². The molecule has 0 fully saturated rings. The maximum Gasteiger partial charge on any atom is 0.330 e. The van der Waals surface area contributed by atoms with Crippen molar-refractivity contribution in [3.8, 4) is 0 Å². The lowest BCUT2D eigenvalue weighted by Gasteiger charge is -2.32. The average molecular weight is 325 g/mol. The third-order valence-corrected chi connectivity index (χ3v) is 4.57. The van der Waals surface area contributed by atoms with E-state index in [1.165, 1.54) is 42.0 Å². The largest absolute Gasteiger partial charge is 0.466 e. The van der Waals surface area contributed by atoms with Crippen LogP contribution in [0.4, 0.5) is 5.69 Å². The van der Waals surface area contributed by atoms with Crippen LogP contribution in [0, 0.1) is 0 Å². The number of hydrogen-bond acceptors (Lipinski definition) is 3. The lowest BCUT2D eigenvalue weighted by molar-refractivity contribution is -0.134. The lowest BCUT2D eigenvalue weighted by atomic mass is 9.89. The third-order valence-electron chi connectivity index (χ3n) is 4.57. The van der Waals surface area contributed by atoms with Gasteiger partial charge in [0.25, 0.3) is 0 Å². The summed E-state index contributed by atoms with van der Waals surface area (Å²) in [6.45, 7) is 7.42. The van der Waals surface area contributed by atoms with Crippen LogP contribution in [-0.4, -0.2) is 26.7 Å². The number of benzene rings is 1. The Kier molecular flexibility index (Phi) is 6.02. The Hall–Kier alpha value is -2.29. The number of carbonyl (C=O) groups excluding carboxylic acids is 1. The van der Waals surface area contributed by atoms with Crippen LogP contribution in [0.2, 0.25) is 0 Å². The summed E-state index contributed by atoms with van der Waals surface area (Å²) in [5.41, 5.74) is 6.10. The maximum atomic E-state index is 11.2. The number of carbonyl (C=O) groups is 1. The fourth-order valence-corrected chi connectivity index (χ4v) is 2.94. The molecule has 2 rings (SSSR count). The molecule has 3 nitrogen and oxygen atoms in total. The fourth-order valence-electron chi connectivity index (χ4n) is 2.94. The van der Waals surface area contributed by atoms with E-state index in [0.717, 1.165) is 12.1 Å². The summed E-state index contributed by atoms with van der Waals surface area (Å²) in [5, 5.41) is 0. The number of esters is 1. The molecule has 1 aromatic rings. The first-order valence-electron chi connectivity index (χ1n) is 8.39. The Morgan fingerprint density at radius 3 is 2.79 bits per heavy atom. The van der Waals surface area contributed by atoms with E-state index in [1.54, 1.807) is 0 Å². The minimum Gasteiger partial charge on any atom is -0.466 e. The summed E-state index contributed by atoms with van der Waals surface area (Å²) in [7, 11) is 3.54. The molecular formula is C21H27NO2. The smallest absolute Gasteiger partial charge is 0.330 e. The van der Waals surface area contributed by atoms with E-state index < -0.39 is 0 Å². The first-order valence-corrected chi connectivity index (χ1v) is 8.39. The zero-order valence-electron chi connectivity index (χ0n) is 15.3. The Labute approximate surface area is 145 Å². The van der Waals surface area contributed by atoms with Crippen LogP contribution >= 0.6 is 0 Å². The van der Waals surface area contributed by atoms with Crippen molar-refractivity contribution in [1.82, 2.24) is 0 Å². The average Bonchev–Trinajstić information content (AvgIpc) is 2.57. The van der Waals surface area contributed by atoms with Crippen molar-refractivity contribution >= 4 is 17.2 Å². The molecule has 0 radical (unpaired) electrons. The van der Waals surface area contributed by atoms with Gasteiger partial charge in [0.2, 0.25) is 0 Å². The van der Waals surface area contributed by atoms with Crippen LogP contribution < -0.4 is 4.90 Å². The van der Waals surface area contributed by atoms with Crippen LogP contribution in [0.25, 0.3) is 5.57 Å². The minimum atomic E-state index is -0.328. The molecule has 128 valence electrons. The number of nitrogens with zero attached hydrogens (tertiary/aromatic N) is 1. The second-order valence-electron chi connectivity index (χ2n) is 6.51. The topological polar surface area (TPSA) is 29.5 Å². The summed E-state index contributed by atoms with van der Waals surface area (Å²) < 4.78 is 4.62. The Morgan fingerprint density at radius 2 is 2.08 bits per heavy atom. The predicted molar refractivity (Wildman–Crippen MR) is 101 cm³/mol. The van der Waals surface area contributed by atoms with E-state index in [4.69, 9.17) is 0 Å². The van der Waals surface area contributed by atoms with Crippen molar-refractivity contribution in [1.29, 1.82) is 0 Å². The molecule has 0 saturated carbocycles. The number of ether oxygens (including phenoxy) is 1. The van der Waals surface area contributed by atoms with E-state index in [0.29, 0.717) is 5.92 Å². The van der Waals surface area contributed by atoms with Gasteiger partial charge in [-0.05, 0) is 60.6 Å². The molecule has 1 aromatic carbocycles. The minimum absolute atomic E-state index is 0.328. The second kappa shape index (κ2) is 8.00. The highest BCUT2D eigenvalue weighted by Gasteiger charge is 2.20. The number of allylic oxidation sites excluding steroid dienone is 5. The second-order valence-corrected chi connectivity index (χ2v) is 6.51. The van der Waals surface area contributed by atoms with Crippen molar-refractivity contribution < 1.29 is 9.53 Å². The zero-order valence-corrected chi connectivity index (χ0v) is 15.3. The van der Waals surface area contributed by atoms with Crippen LogP contribution in [0.1, 0.15) is 44.2 Å². The van der Waals surface area contributed by atoms with Gasteiger partial charge in [-0.15, -0.1) is 0 Å². The molecule has 0 spiro atoms. The highest BCUT2D eigenvalue weighted by Crippen LogP contribution is 2.35. The molecule has 1 unspecified atom stereocenters. The normalized spacial score (nSPS) is 18.7. The van der Waals surface area contributed by atoms with Crippen molar-refractivity contribution in [2.75, 3.05) is 25.6 Å². The van der Waals surface area contributed by atoms with Gasteiger partial charge in [-0.3, -0.25) is 0 Å². The standard InChI is InChI=1S/C21H27NO2/c1-15(13-21(23)24-5)7-6-8-16(2)18-9-10-20-19(14-18)17(3)11-12-22(20)4/h6-10,13-14,17H,11-12H2,1-5H3/b7-6+,15-13+,16-8+. The molecule has 0 aromatic heterocycles. The van der Waals surface area contributed by atoms with Gasteiger partial charge in [0.05, 0.1) is 7.11 Å². The quantitative estimate of drug-likeness (QED) is 0.456. The third kappa shape index (κ3) is 4.38. The lowest BCUT2D eigenvalue weighted by Crippen LogP contribution is -2.26. The summed E-state index contributed by atoms with van der Waals surface area (Å²) in [5.74, 6) is 0.273. The van der Waals surface area contributed by atoms with Gasteiger partial charge in [0.1, 0.15) is 0 Å². The molecule has 0 N–H and O–H groups in total. The SMILES string of the molecule is COC(=O)/C=C(C)/C=C/C=C(\C)c1ccc2c(c1)C(C)CCN2C. The molecule has 0 bridgehead atoms. The highest BCUT2D eigenvalue weighted by molar-refractivity contribution is 5.83. The first-order chi connectivity index (χ1) is 11.4. The van der Waals surface area contributed by atoms with Gasteiger partial charge in [0, 0.05) is 25.4 Å². The Balaban J connectivity index is 2.18. The molecular weight excluding hydrogens is 298 g/mol. The van der Waals surface area contributed by atoms with E-state index in [-0.39, 0.29) is 5.97 Å². The van der Waals surface area contributed by atoms with E-state index in [1.807, 2.05) is 19.1 Å². The monoisotopic (exact) mass is 325 g/mol. The van der Waals surface area contributed by atoms with E-state index >= 15 is 0 Å². The Bertz CT molecular complexity index is 698. The van der Waals surface area contributed by atoms with Crippen molar-refractivity contribution in [2.24, 2.45) is 0 Å². The van der Waals surface area contributed by atoms with Gasteiger partial charge >= 0.3 is 5.97 Å². The molecule has 0 aliphatic carbocycles. The van der Waals surface area contributed by atoms with Crippen LogP contribution in [0.15, 0.2) is 48.1 Å². The van der Waals surface area contributed by atoms with Crippen molar-refractivity contribution in [2.45, 2.75) is 33.1 Å². The number of fused-ring (bicyclic) bond motifs is 1. The van der Waals surface area contributed by atoms with Crippen LogP contribution in [0.3, 0.4) is 0 Å². The predicted octanol–water partition coefficient (Wildman–Crippen LogP) is 4.71. The molecule has 3 heteroatoms. The number of methoxy groups -OCH3 is 1.